The molecule has 0 radical (unpaired) electrons. The van der Waals surface area contributed by atoms with Gasteiger partial charge in [0.05, 0.1) is 18.2 Å². The molecule has 0 unspecified atom stereocenters. The lowest BCUT2D eigenvalue weighted by atomic mass is 10.2. The Morgan fingerprint density at radius 2 is 2.00 bits per heavy atom. The zero-order valence-corrected chi connectivity index (χ0v) is 12.7. The highest BCUT2D eigenvalue weighted by Gasteiger charge is 2.15. The molecule has 0 aliphatic carbocycles. The highest BCUT2D eigenvalue weighted by Crippen LogP contribution is 2.27. The van der Waals surface area contributed by atoms with Gasteiger partial charge in [-0.3, -0.25) is 0 Å². The third kappa shape index (κ3) is 3.32. The first kappa shape index (κ1) is 15.5. The minimum absolute atomic E-state index is 0.152. The van der Waals surface area contributed by atoms with E-state index in [1.807, 2.05) is 12.1 Å². The van der Waals surface area contributed by atoms with Crippen LogP contribution in [0.5, 0.6) is 5.75 Å². The second-order valence-electron chi connectivity index (χ2n) is 4.73. The first-order valence-corrected chi connectivity index (χ1v) is 6.99. The first-order valence-electron chi connectivity index (χ1n) is 6.99. The molecular weight excluding hydrogens is 314 g/mol. The van der Waals surface area contributed by atoms with Crippen molar-refractivity contribution >= 4 is 5.97 Å². The largest absolute Gasteiger partial charge is 0.619 e. The van der Waals surface area contributed by atoms with Gasteiger partial charge in [0.15, 0.2) is 19.0 Å². The number of aromatic nitrogens is 3. The Morgan fingerprint density at radius 1 is 1.25 bits per heavy atom. The summed E-state index contributed by atoms with van der Waals surface area (Å²) in [5, 5.41) is 14.8. The van der Waals surface area contributed by atoms with Crippen LogP contribution in [-0.4, -0.2) is 23.2 Å². The Balaban J connectivity index is 1.68. The highest BCUT2D eigenvalue weighted by atomic mass is 16.6. The second-order valence-corrected chi connectivity index (χ2v) is 4.73. The van der Waals surface area contributed by atoms with E-state index in [0.29, 0.717) is 21.9 Å². The summed E-state index contributed by atoms with van der Waals surface area (Å²) in [6.45, 7) is -0.173. The summed E-state index contributed by atoms with van der Waals surface area (Å²) in [5.74, 6) is 0.509. The van der Waals surface area contributed by atoms with E-state index >= 15 is 0 Å². The molecule has 3 rings (SSSR count). The number of para-hydroxylation sites is 1. The number of ether oxygens (including phenoxy) is 2. The summed E-state index contributed by atoms with van der Waals surface area (Å²) in [4.78, 5) is 16.0. The number of pyridine rings is 1. The number of methoxy groups -OCH3 is 1. The Labute approximate surface area is 136 Å². The van der Waals surface area contributed by atoms with E-state index in [9.17, 15) is 10.0 Å². The van der Waals surface area contributed by atoms with E-state index < -0.39 is 5.97 Å². The van der Waals surface area contributed by atoms with Crippen molar-refractivity contribution in [3.8, 4) is 17.1 Å². The van der Waals surface area contributed by atoms with Crippen LogP contribution in [0.4, 0.5) is 0 Å². The summed E-state index contributed by atoms with van der Waals surface area (Å²) in [6, 6.07) is 9.96. The molecule has 0 aliphatic rings. The number of hydrogen-bond donors (Lipinski definition) is 0. The monoisotopic (exact) mass is 327 g/mol. The van der Waals surface area contributed by atoms with Gasteiger partial charge in [-0.25, -0.2) is 4.79 Å². The van der Waals surface area contributed by atoms with Crippen molar-refractivity contribution in [1.29, 1.82) is 0 Å². The van der Waals surface area contributed by atoms with Gasteiger partial charge in [0.25, 0.3) is 5.89 Å². The average molecular weight is 327 g/mol. The fourth-order valence-corrected chi connectivity index (χ4v) is 2.01. The lowest BCUT2D eigenvalue weighted by molar-refractivity contribution is -0.605. The van der Waals surface area contributed by atoms with Crippen LogP contribution in [0.3, 0.4) is 0 Å². The van der Waals surface area contributed by atoms with Gasteiger partial charge in [-0.05, 0) is 12.1 Å². The maximum atomic E-state index is 11.9. The number of carbonyl (C=O) groups is 1. The van der Waals surface area contributed by atoms with E-state index in [0.717, 1.165) is 0 Å². The van der Waals surface area contributed by atoms with Crippen molar-refractivity contribution in [2.24, 2.45) is 0 Å². The lowest BCUT2D eigenvalue weighted by Crippen LogP contribution is -2.24. The van der Waals surface area contributed by atoms with E-state index in [-0.39, 0.29) is 18.1 Å². The van der Waals surface area contributed by atoms with Crippen LogP contribution in [0, 0.1) is 5.21 Å². The van der Waals surface area contributed by atoms with Gasteiger partial charge in [-0.1, -0.05) is 17.3 Å². The maximum Gasteiger partial charge on any atom is 0.339 e. The molecule has 2 aromatic heterocycles. The molecule has 3 aromatic rings. The van der Waals surface area contributed by atoms with Crippen LogP contribution in [0.25, 0.3) is 11.4 Å². The Morgan fingerprint density at radius 3 is 2.75 bits per heavy atom. The molecular formula is C16H13N3O5. The zero-order valence-electron chi connectivity index (χ0n) is 12.7. The quantitative estimate of drug-likeness (QED) is 0.399. The van der Waals surface area contributed by atoms with Crippen LogP contribution >= 0.6 is 0 Å². The Kier molecular flexibility index (Phi) is 4.37. The fraction of sp³-hybridized carbons (Fsp3) is 0.125. The summed E-state index contributed by atoms with van der Waals surface area (Å²) in [6.07, 6.45) is 2.42. The van der Waals surface area contributed by atoms with Crippen molar-refractivity contribution in [1.82, 2.24) is 10.1 Å². The van der Waals surface area contributed by atoms with E-state index in [1.54, 1.807) is 19.2 Å². The van der Waals surface area contributed by atoms with Gasteiger partial charge >= 0.3 is 5.97 Å². The van der Waals surface area contributed by atoms with E-state index in [2.05, 4.69) is 10.1 Å². The Hall–Kier alpha value is -3.42. The molecule has 8 heteroatoms. The summed E-state index contributed by atoms with van der Waals surface area (Å²) in [7, 11) is 1.55. The predicted molar refractivity (Wildman–Crippen MR) is 80.8 cm³/mol. The summed E-state index contributed by atoms with van der Waals surface area (Å²) < 4.78 is 16.0. The minimum atomic E-state index is -0.590. The predicted octanol–water partition coefficient (Wildman–Crippen LogP) is 1.74. The molecule has 0 bridgehead atoms. The van der Waals surface area contributed by atoms with Crippen molar-refractivity contribution in [3.05, 3.63) is 65.5 Å². The number of esters is 1. The van der Waals surface area contributed by atoms with Crippen molar-refractivity contribution in [3.63, 3.8) is 0 Å². The average Bonchev–Trinajstić information content (AvgIpc) is 3.09. The van der Waals surface area contributed by atoms with Gasteiger partial charge < -0.3 is 19.2 Å². The van der Waals surface area contributed by atoms with E-state index in [4.69, 9.17) is 14.0 Å². The lowest BCUT2D eigenvalue weighted by Gasteiger charge is -2.03. The standard InChI is InChI=1S/C16H13N3O5/c1-22-13-5-3-2-4-12(13)15-17-14(24-18-15)10-23-16(20)11-6-8-19(21)9-7-11/h2-9H,10H2,1H3. The molecule has 0 atom stereocenters. The molecule has 122 valence electrons. The van der Waals surface area contributed by atoms with Gasteiger partial charge in [-0.2, -0.15) is 9.71 Å². The number of benzene rings is 1. The molecule has 0 aliphatic heterocycles. The van der Waals surface area contributed by atoms with Crippen LogP contribution < -0.4 is 9.47 Å². The normalized spacial score (nSPS) is 10.4. The van der Waals surface area contributed by atoms with Crippen molar-refractivity contribution in [2.45, 2.75) is 6.61 Å². The topological polar surface area (TPSA) is 101 Å². The van der Waals surface area contributed by atoms with Crippen molar-refractivity contribution in [2.75, 3.05) is 7.11 Å². The third-order valence-electron chi connectivity index (χ3n) is 3.18. The van der Waals surface area contributed by atoms with Crippen LogP contribution in [0.1, 0.15) is 16.2 Å². The second kappa shape index (κ2) is 6.78. The molecule has 0 spiro atoms. The molecule has 1 aromatic carbocycles. The molecule has 0 fully saturated rings. The molecule has 0 saturated heterocycles. The minimum Gasteiger partial charge on any atom is -0.619 e. The van der Waals surface area contributed by atoms with Gasteiger partial charge in [0.2, 0.25) is 5.82 Å². The number of nitrogens with zero attached hydrogens (tertiary/aromatic N) is 3. The first-order chi connectivity index (χ1) is 11.7. The Bertz CT molecular complexity index is 845. The molecule has 8 nitrogen and oxygen atoms in total. The molecule has 2 heterocycles. The number of hydrogen-bond acceptors (Lipinski definition) is 7. The van der Waals surface area contributed by atoms with Gasteiger partial charge in [-0.15, -0.1) is 0 Å². The van der Waals surface area contributed by atoms with Gasteiger partial charge in [0.1, 0.15) is 5.75 Å². The van der Waals surface area contributed by atoms with E-state index in [1.165, 1.54) is 24.5 Å². The number of rotatable bonds is 5. The van der Waals surface area contributed by atoms with Gasteiger partial charge in [0, 0.05) is 12.1 Å². The summed E-state index contributed by atoms with van der Waals surface area (Å²) >= 11 is 0. The summed E-state index contributed by atoms with van der Waals surface area (Å²) in [5.41, 5.74) is 0.927. The fourth-order valence-electron chi connectivity index (χ4n) is 2.01. The van der Waals surface area contributed by atoms with Crippen LogP contribution in [0.2, 0.25) is 0 Å². The molecule has 0 amide bonds. The molecule has 0 saturated carbocycles. The molecule has 0 N–H and O–H groups in total. The van der Waals surface area contributed by atoms with Crippen molar-refractivity contribution < 1.29 is 23.5 Å². The molecule has 24 heavy (non-hydrogen) atoms. The van der Waals surface area contributed by atoms with Crippen LogP contribution in [-0.2, 0) is 11.3 Å². The maximum absolute atomic E-state index is 11.9. The van der Waals surface area contributed by atoms with Crippen LogP contribution in [0.15, 0.2) is 53.3 Å². The smallest absolute Gasteiger partial charge is 0.339 e. The number of carbonyl (C=O) groups excluding carboxylic acids is 1. The zero-order chi connectivity index (χ0) is 16.9. The highest BCUT2D eigenvalue weighted by molar-refractivity contribution is 5.88. The SMILES string of the molecule is COc1ccccc1-c1noc(COC(=O)c2cc[n+]([O-])cc2)n1. The third-order valence-corrected chi connectivity index (χ3v) is 3.18.